The van der Waals surface area contributed by atoms with Gasteiger partial charge in [0.25, 0.3) is 0 Å². The lowest BCUT2D eigenvalue weighted by Crippen LogP contribution is -2.34. The van der Waals surface area contributed by atoms with E-state index in [1.165, 1.54) is 5.56 Å². The van der Waals surface area contributed by atoms with Crippen LogP contribution in [-0.2, 0) is 6.42 Å². The van der Waals surface area contributed by atoms with Crippen molar-refractivity contribution in [3.8, 4) is 17.4 Å². The van der Waals surface area contributed by atoms with Crippen LogP contribution in [0.15, 0.2) is 48.5 Å². The summed E-state index contributed by atoms with van der Waals surface area (Å²) in [5.74, 6) is 1.27. The number of hydrogen-bond donors (Lipinski definition) is 0. The molecule has 3 aromatic rings. The summed E-state index contributed by atoms with van der Waals surface area (Å²) in [6.07, 6.45) is 7.15. The predicted molar refractivity (Wildman–Crippen MR) is 108 cm³/mol. The Labute approximate surface area is 159 Å². The first-order valence-corrected chi connectivity index (χ1v) is 9.44. The molecule has 1 aromatic carbocycles. The topological polar surface area (TPSA) is 47.9 Å². The molecule has 0 unspecified atom stereocenters. The third kappa shape index (κ3) is 4.05. The van der Waals surface area contributed by atoms with Crippen molar-refractivity contribution in [2.24, 2.45) is 0 Å². The molecule has 0 bridgehead atoms. The molecule has 4 nitrogen and oxygen atoms in total. The van der Waals surface area contributed by atoms with Crippen molar-refractivity contribution in [3.63, 3.8) is 0 Å². The zero-order valence-electron chi connectivity index (χ0n) is 15.7. The average molecular weight is 357 g/mol. The van der Waals surface area contributed by atoms with Crippen LogP contribution in [0.5, 0.6) is 5.88 Å². The second-order valence-corrected chi connectivity index (χ2v) is 6.98. The molecule has 0 radical (unpaired) electrons. The molecule has 0 amide bonds. The zero-order chi connectivity index (χ0) is 18.6. The molecule has 1 aliphatic rings. The lowest BCUT2D eigenvalue weighted by molar-refractivity contribution is 0.230. The average Bonchev–Trinajstić information content (AvgIpc) is 2.68. The van der Waals surface area contributed by atoms with Gasteiger partial charge in [0, 0.05) is 12.1 Å². The maximum atomic E-state index is 5.97. The molecule has 0 aliphatic heterocycles. The van der Waals surface area contributed by atoms with E-state index in [0.717, 1.165) is 41.2 Å². The zero-order valence-corrected chi connectivity index (χ0v) is 15.7. The number of fused-ring (bicyclic) bond motifs is 1. The van der Waals surface area contributed by atoms with E-state index in [1.54, 1.807) is 0 Å². The van der Waals surface area contributed by atoms with Gasteiger partial charge in [0.15, 0.2) is 5.82 Å². The van der Waals surface area contributed by atoms with Crippen molar-refractivity contribution in [2.45, 2.75) is 39.2 Å². The minimum absolute atomic E-state index is 0.0598. The molecular formula is C23H23N3O. The first-order chi connectivity index (χ1) is 13.2. The smallest absolute Gasteiger partial charge is 0.224 e. The summed E-state index contributed by atoms with van der Waals surface area (Å²) in [6.45, 7) is 4.03. The molecule has 0 saturated carbocycles. The van der Waals surface area contributed by atoms with Gasteiger partial charge < -0.3 is 4.74 Å². The predicted octanol–water partition coefficient (Wildman–Crippen LogP) is 3.27. The van der Waals surface area contributed by atoms with Gasteiger partial charge in [0.05, 0.1) is 16.7 Å². The lowest BCUT2D eigenvalue weighted by Gasteiger charge is -2.13. The first kappa shape index (κ1) is 17.4. The van der Waals surface area contributed by atoms with Gasteiger partial charge >= 0.3 is 0 Å². The molecule has 0 fully saturated rings. The van der Waals surface area contributed by atoms with Crippen molar-refractivity contribution in [3.05, 3.63) is 70.4 Å². The molecule has 4 heteroatoms. The molecule has 2 heterocycles. The van der Waals surface area contributed by atoms with Crippen LogP contribution in [0.4, 0.5) is 0 Å². The summed E-state index contributed by atoms with van der Waals surface area (Å²) in [6, 6.07) is 16.4. The highest BCUT2D eigenvalue weighted by Gasteiger charge is 2.12. The first-order valence-electron chi connectivity index (χ1n) is 9.44. The Balaban J connectivity index is 1.74. The summed E-state index contributed by atoms with van der Waals surface area (Å²) >= 11 is 0. The van der Waals surface area contributed by atoms with Crippen LogP contribution >= 0.6 is 0 Å². The highest BCUT2D eigenvalue weighted by atomic mass is 16.5. The molecule has 136 valence electrons. The highest BCUT2D eigenvalue weighted by molar-refractivity contribution is 5.52. The minimum Gasteiger partial charge on any atom is -0.474 e. The summed E-state index contributed by atoms with van der Waals surface area (Å²) < 4.78 is 5.97. The van der Waals surface area contributed by atoms with Gasteiger partial charge in [-0.05, 0) is 44.4 Å². The Hall–Kier alpha value is -3.01. The largest absolute Gasteiger partial charge is 0.474 e. The molecule has 1 aliphatic carbocycles. The molecule has 0 atom stereocenters. The summed E-state index contributed by atoms with van der Waals surface area (Å²) in [5, 5.41) is 1.94. The van der Waals surface area contributed by atoms with Gasteiger partial charge in [0.2, 0.25) is 5.88 Å². The SMILES string of the molecule is CC(C)Oc1nc(-c2cccc(Cc3ccccc3)n2)nc2c1=CCCC=2. The van der Waals surface area contributed by atoms with Gasteiger partial charge in [0.1, 0.15) is 5.69 Å². The van der Waals surface area contributed by atoms with Crippen molar-refractivity contribution in [2.75, 3.05) is 0 Å². The van der Waals surface area contributed by atoms with Crippen LogP contribution in [0.25, 0.3) is 23.7 Å². The summed E-state index contributed by atoms with van der Waals surface area (Å²) in [4.78, 5) is 14.3. The number of hydrogen-bond acceptors (Lipinski definition) is 4. The number of benzene rings is 1. The van der Waals surface area contributed by atoms with E-state index in [4.69, 9.17) is 19.7 Å². The Morgan fingerprint density at radius 1 is 0.889 bits per heavy atom. The molecule has 4 rings (SSSR count). The lowest BCUT2D eigenvalue weighted by atomic mass is 10.1. The minimum atomic E-state index is 0.0598. The van der Waals surface area contributed by atoms with Crippen molar-refractivity contribution < 1.29 is 4.74 Å². The normalized spacial score (nSPS) is 12.9. The Morgan fingerprint density at radius 2 is 1.70 bits per heavy atom. The number of ether oxygens (including phenoxy) is 1. The monoisotopic (exact) mass is 357 g/mol. The Bertz CT molecular complexity index is 1060. The van der Waals surface area contributed by atoms with E-state index in [9.17, 15) is 0 Å². The van der Waals surface area contributed by atoms with E-state index < -0.39 is 0 Å². The second-order valence-electron chi connectivity index (χ2n) is 6.98. The van der Waals surface area contributed by atoms with Crippen LogP contribution in [0.2, 0.25) is 0 Å². The number of nitrogens with zero attached hydrogens (tertiary/aromatic N) is 3. The van der Waals surface area contributed by atoms with Gasteiger partial charge in [-0.2, -0.15) is 4.98 Å². The highest BCUT2D eigenvalue weighted by Crippen LogP contribution is 2.16. The van der Waals surface area contributed by atoms with Crippen LogP contribution in [0.1, 0.15) is 37.9 Å². The van der Waals surface area contributed by atoms with Gasteiger partial charge in [-0.3, -0.25) is 0 Å². The summed E-state index contributed by atoms with van der Waals surface area (Å²) in [5.41, 5.74) is 3.01. The molecule has 0 N–H and O–H groups in total. The van der Waals surface area contributed by atoms with E-state index >= 15 is 0 Å². The van der Waals surface area contributed by atoms with Crippen LogP contribution in [0, 0.1) is 0 Å². The summed E-state index contributed by atoms with van der Waals surface area (Å²) in [7, 11) is 0. The van der Waals surface area contributed by atoms with Crippen molar-refractivity contribution in [1.82, 2.24) is 15.0 Å². The van der Waals surface area contributed by atoms with Crippen LogP contribution in [-0.4, -0.2) is 21.1 Å². The van der Waals surface area contributed by atoms with Gasteiger partial charge in [-0.15, -0.1) is 0 Å². The van der Waals surface area contributed by atoms with E-state index in [0.29, 0.717) is 11.7 Å². The quantitative estimate of drug-likeness (QED) is 0.703. The van der Waals surface area contributed by atoms with E-state index in [2.05, 4.69) is 24.3 Å². The second kappa shape index (κ2) is 7.70. The Morgan fingerprint density at radius 3 is 2.52 bits per heavy atom. The number of pyridine rings is 1. The van der Waals surface area contributed by atoms with Crippen molar-refractivity contribution >= 4 is 12.2 Å². The maximum Gasteiger partial charge on any atom is 0.224 e. The van der Waals surface area contributed by atoms with Crippen molar-refractivity contribution in [1.29, 1.82) is 0 Å². The molecule has 27 heavy (non-hydrogen) atoms. The fraction of sp³-hybridized carbons (Fsp3) is 0.261. The van der Waals surface area contributed by atoms with E-state index in [-0.39, 0.29) is 6.10 Å². The maximum absolute atomic E-state index is 5.97. The molecule has 0 saturated heterocycles. The number of rotatable bonds is 5. The van der Waals surface area contributed by atoms with Crippen LogP contribution in [0.3, 0.4) is 0 Å². The van der Waals surface area contributed by atoms with Crippen LogP contribution < -0.4 is 15.3 Å². The third-order valence-electron chi connectivity index (χ3n) is 4.40. The molecular weight excluding hydrogens is 334 g/mol. The van der Waals surface area contributed by atoms with E-state index in [1.807, 2.05) is 50.2 Å². The molecule has 2 aromatic heterocycles. The number of aromatic nitrogens is 3. The standard InChI is InChI=1S/C23H23N3O/c1-16(2)27-23-19-12-6-7-13-20(19)25-22(26-23)21-14-8-11-18(24-21)15-17-9-4-3-5-10-17/h3-5,8-14,16H,6-7,15H2,1-2H3. The Kier molecular flexibility index (Phi) is 4.97. The van der Waals surface area contributed by atoms with Gasteiger partial charge in [-0.1, -0.05) is 48.6 Å². The molecule has 0 spiro atoms. The fourth-order valence-electron chi connectivity index (χ4n) is 3.20. The fourth-order valence-corrected chi connectivity index (χ4v) is 3.20. The van der Waals surface area contributed by atoms with Gasteiger partial charge in [-0.25, -0.2) is 9.97 Å². The third-order valence-corrected chi connectivity index (χ3v) is 4.40.